The molecule has 0 amide bonds. The second kappa shape index (κ2) is 5.24. The summed E-state index contributed by atoms with van der Waals surface area (Å²) in [6, 6.07) is 2.96. The van der Waals surface area contributed by atoms with Crippen LogP contribution in [0.5, 0.6) is 0 Å². The largest absolute Gasteiger partial charge is 0.299 e. The minimum Gasteiger partial charge on any atom is -0.299 e. The number of nitrogens with zero attached hydrogens (tertiary/aromatic N) is 1. The van der Waals surface area contributed by atoms with E-state index in [1.54, 1.807) is 0 Å². The smallest absolute Gasteiger partial charge is 0.0952 e. The molecule has 3 atom stereocenters. The first-order valence-electron chi connectivity index (χ1n) is 5.42. The van der Waals surface area contributed by atoms with E-state index >= 15 is 0 Å². The van der Waals surface area contributed by atoms with Gasteiger partial charge in [-0.15, -0.1) is 0 Å². The predicted octanol–water partition coefficient (Wildman–Crippen LogP) is 2.46. The van der Waals surface area contributed by atoms with Crippen LogP contribution in [0.15, 0.2) is 0 Å². The number of hydrogen-bond acceptors (Lipinski definition) is 2. The van der Waals surface area contributed by atoms with Gasteiger partial charge in [-0.25, -0.2) is 0 Å². The number of rotatable bonds is 3. The number of nitriles is 1. The van der Waals surface area contributed by atoms with Gasteiger partial charge in [0.05, 0.1) is 12.1 Å². The molecular weight excluding hydrogens is 160 g/mol. The lowest BCUT2D eigenvalue weighted by Crippen LogP contribution is -2.39. The highest BCUT2D eigenvalue weighted by atomic mass is 14.9. The van der Waals surface area contributed by atoms with E-state index in [9.17, 15) is 0 Å². The van der Waals surface area contributed by atoms with Crippen LogP contribution < -0.4 is 5.32 Å². The summed E-state index contributed by atoms with van der Waals surface area (Å²) >= 11 is 0. The first kappa shape index (κ1) is 10.5. The fraction of sp³-hybridized carbons (Fsp3) is 0.909. The van der Waals surface area contributed by atoms with E-state index in [1.807, 2.05) is 0 Å². The Kier molecular flexibility index (Phi) is 4.24. The summed E-state index contributed by atoms with van der Waals surface area (Å²) in [6.45, 7) is 4.37. The lowest BCUT2D eigenvalue weighted by Gasteiger charge is -2.29. The summed E-state index contributed by atoms with van der Waals surface area (Å²) in [5, 5.41) is 12.2. The fourth-order valence-electron chi connectivity index (χ4n) is 2.12. The van der Waals surface area contributed by atoms with Gasteiger partial charge in [0.2, 0.25) is 0 Å². The van der Waals surface area contributed by atoms with E-state index in [0.29, 0.717) is 6.04 Å². The molecule has 74 valence electrons. The maximum absolute atomic E-state index is 8.81. The van der Waals surface area contributed by atoms with Crippen molar-refractivity contribution < 1.29 is 0 Å². The molecule has 0 aliphatic heterocycles. The van der Waals surface area contributed by atoms with Gasteiger partial charge in [0.25, 0.3) is 0 Å². The molecule has 1 rings (SSSR count). The fourth-order valence-corrected chi connectivity index (χ4v) is 2.12. The average Bonchev–Trinajstić information content (AvgIpc) is 2.14. The highest BCUT2D eigenvalue weighted by molar-refractivity contribution is 4.91. The summed E-state index contributed by atoms with van der Waals surface area (Å²) in [7, 11) is 0. The van der Waals surface area contributed by atoms with Crippen LogP contribution in [0.2, 0.25) is 0 Å². The Bertz CT molecular complexity index is 183. The molecule has 2 heteroatoms. The van der Waals surface area contributed by atoms with E-state index in [4.69, 9.17) is 5.26 Å². The third-order valence-electron chi connectivity index (χ3n) is 2.94. The maximum Gasteiger partial charge on any atom is 0.0952 e. The third kappa shape index (κ3) is 3.36. The first-order chi connectivity index (χ1) is 6.26. The Morgan fingerprint density at radius 1 is 1.54 bits per heavy atom. The zero-order chi connectivity index (χ0) is 9.68. The molecule has 13 heavy (non-hydrogen) atoms. The maximum atomic E-state index is 8.81. The molecular formula is C11H20N2. The summed E-state index contributed by atoms with van der Waals surface area (Å²) in [5.74, 6) is 0.836. The topological polar surface area (TPSA) is 35.8 Å². The molecule has 1 fully saturated rings. The van der Waals surface area contributed by atoms with E-state index in [0.717, 1.165) is 12.3 Å². The van der Waals surface area contributed by atoms with Crippen molar-refractivity contribution in [2.45, 2.75) is 58.0 Å². The van der Waals surface area contributed by atoms with Crippen molar-refractivity contribution in [1.29, 1.82) is 5.26 Å². The van der Waals surface area contributed by atoms with Gasteiger partial charge in [-0.2, -0.15) is 5.26 Å². The first-order valence-corrected chi connectivity index (χ1v) is 5.42. The van der Waals surface area contributed by atoms with Gasteiger partial charge in [0.1, 0.15) is 0 Å². The molecule has 1 aliphatic rings. The summed E-state index contributed by atoms with van der Waals surface area (Å²) in [6.07, 6.45) is 6.10. The molecule has 1 saturated carbocycles. The molecule has 0 aromatic heterocycles. The predicted molar refractivity (Wildman–Crippen MR) is 54.2 cm³/mol. The normalized spacial score (nSPS) is 30.8. The van der Waals surface area contributed by atoms with Crippen molar-refractivity contribution in [3.05, 3.63) is 0 Å². The number of hydrogen-bond donors (Lipinski definition) is 1. The van der Waals surface area contributed by atoms with Crippen LogP contribution in [-0.4, -0.2) is 12.1 Å². The molecule has 0 heterocycles. The molecule has 0 saturated heterocycles. The Morgan fingerprint density at radius 3 is 2.85 bits per heavy atom. The molecule has 0 aromatic rings. The van der Waals surface area contributed by atoms with Gasteiger partial charge in [-0.3, -0.25) is 5.32 Å². The van der Waals surface area contributed by atoms with Gasteiger partial charge in [0, 0.05) is 6.04 Å². The molecule has 0 aromatic carbocycles. The van der Waals surface area contributed by atoms with Crippen LogP contribution in [0, 0.1) is 17.2 Å². The van der Waals surface area contributed by atoms with Crippen molar-refractivity contribution in [3.8, 4) is 6.07 Å². The molecule has 2 nitrogen and oxygen atoms in total. The van der Waals surface area contributed by atoms with Crippen molar-refractivity contribution in [2.24, 2.45) is 5.92 Å². The molecule has 0 radical (unpaired) electrons. The summed E-state index contributed by atoms with van der Waals surface area (Å²) in [5.41, 5.74) is 0. The zero-order valence-electron chi connectivity index (χ0n) is 8.71. The zero-order valence-corrected chi connectivity index (χ0v) is 8.71. The van der Waals surface area contributed by atoms with Crippen molar-refractivity contribution >= 4 is 0 Å². The van der Waals surface area contributed by atoms with E-state index < -0.39 is 0 Å². The standard InChI is InChI=1S/C11H20N2/c1-3-10(8-12)13-11-6-4-5-9(2)7-11/h9-11,13H,3-7H2,1-2H3. The van der Waals surface area contributed by atoms with Crippen LogP contribution in [0.3, 0.4) is 0 Å². The van der Waals surface area contributed by atoms with Crippen LogP contribution >= 0.6 is 0 Å². The van der Waals surface area contributed by atoms with E-state index in [1.165, 1.54) is 25.7 Å². The third-order valence-corrected chi connectivity index (χ3v) is 2.94. The Labute approximate surface area is 81.3 Å². The molecule has 1 N–H and O–H groups in total. The number of nitrogens with one attached hydrogen (secondary N) is 1. The van der Waals surface area contributed by atoms with Gasteiger partial charge in [-0.1, -0.05) is 26.7 Å². The Hall–Kier alpha value is -0.550. The van der Waals surface area contributed by atoms with Gasteiger partial charge in [0.15, 0.2) is 0 Å². The molecule has 3 unspecified atom stereocenters. The molecule has 0 bridgehead atoms. The second-order valence-corrected chi connectivity index (χ2v) is 4.23. The lowest BCUT2D eigenvalue weighted by atomic mass is 9.86. The minimum atomic E-state index is 0.0651. The van der Waals surface area contributed by atoms with Gasteiger partial charge < -0.3 is 0 Å². The minimum absolute atomic E-state index is 0.0651. The monoisotopic (exact) mass is 180 g/mol. The highest BCUT2D eigenvalue weighted by Gasteiger charge is 2.20. The van der Waals surface area contributed by atoms with Crippen LogP contribution in [0.1, 0.15) is 46.0 Å². The van der Waals surface area contributed by atoms with Crippen molar-refractivity contribution in [2.75, 3.05) is 0 Å². The molecule has 0 spiro atoms. The Balaban J connectivity index is 2.31. The van der Waals surface area contributed by atoms with E-state index in [-0.39, 0.29) is 6.04 Å². The highest BCUT2D eigenvalue weighted by Crippen LogP contribution is 2.23. The summed E-state index contributed by atoms with van der Waals surface area (Å²) < 4.78 is 0. The Morgan fingerprint density at radius 2 is 2.31 bits per heavy atom. The van der Waals surface area contributed by atoms with Crippen molar-refractivity contribution in [3.63, 3.8) is 0 Å². The van der Waals surface area contributed by atoms with Crippen molar-refractivity contribution in [1.82, 2.24) is 5.32 Å². The average molecular weight is 180 g/mol. The van der Waals surface area contributed by atoms with Crippen LogP contribution in [-0.2, 0) is 0 Å². The summed E-state index contributed by atoms with van der Waals surface area (Å²) in [4.78, 5) is 0. The van der Waals surface area contributed by atoms with Crippen LogP contribution in [0.4, 0.5) is 0 Å². The van der Waals surface area contributed by atoms with E-state index in [2.05, 4.69) is 25.2 Å². The van der Waals surface area contributed by atoms with Gasteiger partial charge in [-0.05, 0) is 25.2 Å². The molecule has 1 aliphatic carbocycles. The quantitative estimate of drug-likeness (QED) is 0.724. The lowest BCUT2D eigenvalue weighted by molar-refractivity contribution is 0.290. The second-order valence-electron chi connectivity index (χ2n) is 4.23. The van der Waals surface area contributed by atoms with Gasteiger partial charge >= 0.3 is 0 Å². The SMILES string of the molecule is CCC(C#N)NC1CCCC(C)C1. The van der Waals surface area contributed by atoms with Crippen LogP contribution in [0.25, 0.3) is 0 Å².